The Labute approximate surface area is 147 Å². The molecule has 1 saturated heterocycles. The molecule has 1 aliphatic heterocycles. The van der Waals surface area contributed by atoms with Crippen LogP contribution in [-0.2, 0) is 22.5 Å². The van der Waals surface area contributed by atoms with E-state index >= 15 is 0 Å². The predicted molar refractivity (Wildman–Crippen MR) is 89.7 cm³/mol. The highest BCUT2D eigenvalue weighted by atomic mass is 16.5. The van der Waals surface area contributed by atoms with Gasteiger partial charge in [-0.1, -0.05) is 5.16 Å². The molecule has 0 unspecified atom stereocenters. The predicted octanol–water partition coefficient (Wildman–Crippen LogP) is 0.611. The van der Waals surface area contributed by atoms with Crippen LogP contribution in [0.2, 0.25) is 0 Å². The molecule has 2 rings (SSSR count). The molecule has 25 heavy (non-hydrogen) atoms. The molecule has 0 bridgehead atoms. The number of ether oxygens (including phenoxy) is 1. The van der Waals surface area contributed by atoms with Crippen molar-refractivity contribution in [2.75, 3.05) is 47.9 Å². The van der Waals surface area contributed by atoms with Gasteiger partial charge in [0.25, 0.3) is 0 Å². The van der Waals surface area contributed by atoms with Gasteiger partial charge < -0.3 is 24.0 Å². The minimum absolute atomic E-state index is 0.00658. The summed E-state index contributed by atoms with van der Waals surface area (Å²) in [7, 11) is 6.77. The molecule has 9 heteroatoms. The summed E-state index contributed by atoms with van der Waals surface area (Å²) in [6.45, 7) is 1.92. The molecule has 1 fully saturated rings. The first kappa shape index (κ1) is 19.2. The molecule has 1 aromatic rings. The number of rotatable bonds is 6. The van der Waals surface area contributed by atoms with Gasteiger partial charge in [0.05, 0.1) is 19.1 Å². The van der Waals surface area contributed by atoms with Gasteiger partial charge in [-0.2, -0.15) is 4.98 Å². The summed E-state index contributed by atoms with van der Waals surface area (Å²) >= 11 is 0. The third-order valence-corrected chi connectivity index (χ3v) is 4.21. The summed E-state index contributed by atoms with van der Waals surface area (Å²) in [5, 5.41) is 3.87. The Morgan fingerprint density at radius 1 is 1.36 bits per heavy atom. The molecule has 0 spiro atoms. The molecule has 0 radical (unpaired) electrons. The van der Waals surface area contributed by atoms with Crippen LogP contribution in [0, 0.1) is 5.92 Å². The number of carbonyl (C=O) groups is 2. The van der Waals surface area contributed by atoms with Crippen LogP contribution in [0.4, 0.5) is 4.79 Å². The number of methoxy groups -OCH3 is 1. The lowest BCUT2D eigenvalue weighted by Gasteiger charge is -2.35. The van der Waals surface area contributed by atoms with Crippen molar-refractivity contribution in [1.29, 1.82) is 0 Å². The maximum Gasteiger partial charge on any atom is 0.319 e. The number of carbonyl (C=O) groups excluding carboxylic acids is 2. The van der Waals surface area contributed by atoms with Crippen molar-refractivity contribution in [3.8, 4) is 0 Å². The summed E-state index contributed by atoms with van der Waals surface area (Å²) in [4.78, 5) is 33.9. The van der Waals surface area contributed by atoms with Crippen LogP contribution in [0.3, 0.4) is 0 Å². The van der Waals surface area contributed by atoms with E-state index in [0.717, 1.165) is 12.8 Å². The van der Waals surface area contributed by atoms with E-state index in [2.05, 4.69) is 10.1 Å². The molecule has 1 aromatic heterocycles. The van der Waals surface area contributed by atoms with Crippen LogP contribution < -0.4 is 0 Å². The van der Waals surface area contributed by atoms with E-state index in [-0.39, 0.29) is 24.4 Å². The van der Waals surface area contributed by atoms with E-state index in [4.69, 9.17) is 9.26 Å². The van der Waals surface area contributed by atoms with Crippen LogP contribution in [0.5, 0.6) is 0 Å². The second-order valence-electron chi connectivity index (χ2n) is 6.50. The maximum absolute atomic E-state index is 12.7. The van der Waals surface area contributed by atoms with Crippen LogP contribution in [0.25, 0.3) is 0 Å². The van der Waals surface area contributed by atoms with E-state index in [1.807, 2.05) is 0 Å². The van der Waals surface area contributed by atoms with Gasteiger partial charge in [-0.25, -0.2) is 4.79 Å². The second-order valence-corrected chi connectivity index (χ2v) is 6.50. The second kappa shape index (κ2) is 8.80. The minimum Gasteiger partial charge on any atom is -0.384 e. The van der Waals surface area contributed by atoms with Crippen molar-refractivity contribution in [2.45, 2.75) is 25.8 Å². The first-order valence-electron chi connectivity index (χ1n) is 8.44. The summed E-state index contributed by atoms with van der Waals surface area (Å²) in [6, 6.07) is -0.0557. The molecular weight excluding hydrogens is 326 g/mol. The zero-order valence-corrected chi connectivity index (χ0v) is 15.4. The number of amides is 3. The van der Waals surface area contributed by atoms with Gasteiger partial charge in [0.2, 0.25) is 11.8 Å². The number of nitrogens with zero attached hydrogens (tertiary/aromatic N) is 5. The molecule has 140 valence electrons. The lowest BCUT2D eigenvalue weighted by atomic mass is 9.97. The molecule has 0 saturated carbocycles. The summed E-state index contributed by atoms with van der Waals surface area (Å²) in [6.07, 6.45) is 2.18. The van der Waals surface area contributed by atoms with E-state index < -0.39 is 0 Å². The molecule has 0 aliphatic carbocycles. The van der Waals surface area contributed by atoms with Crippen LogP contribution in [-0.4, -0.2) is 84.7 Å². The van der Waals surface area contributed by atoms with Gasteiger partial charge in [0.15, 0.2) is 5.82 Å². The normalized spacial score (nSPS) is 17.4. The van der Waals surface area contributed by atoms with Crippen molar-refractivity contribution >= 4 is 11.9 Å². The van der Waals surface area contributed by atoms with Crippen molar-refractivity contribution < 1.29 is 18.8 Å². The lowest BCUT2D eigenvalue weighted by Crippen LogP contribution is -2.48. The number of aromatic nitrogens is 2. The fourth-order valence-electron chi connectivity index (χ4n) is 2.88. The van der Waals surface area contributed by atoms with Crippen LogP contribution in [0.15, 0.2) is 4.52 Å². The van der Waals surface area contributed by atoms with Gasteiger partial charge in [-0.15, -0.1) is 0 Å². The van der Waals surface area contributed by atoms with Crippen LogP contribution in [0.1, 0.15) is 24.6 Å². The Bertz CT molecular complexity index is 589. The van der Waals surface area contributed by atoms with E-state index in [9.17, 15) is 9.59 Å². The highest BCUT2D eigenvalue weighted by Crippen LogP contribution is 2.20. The highest BCUT2D eigenvalue weighted by molar-refractivity contribution is 5.80. The monoisotopic (exact) mass is 353 g/mol. The number of hydrogen-bond donors (Lipinski definition) is 0. The van der Waals surface area contributed by atoms with Gasteiger partial charge >= 0.3 is 6.03 Å². The average molecular weight is 353 g/mol. The molecule has 3 amide bonds. The van der Waals surface area contributed by atoms with Gasteiger partial charge in [0, 0.05) is 47.8 Å². The number of hydrogen-bond acceptors (Lipinski definition) is 6. The first-order chi connectivity index (χ1) is 11.9. The SMILES string of the molecule is COCCc1noc(CN(C)C(=O)[C@@H]2CCCN(C(=O)N(C)C)C2)n1. The quantitative estimate of drug-likeness (QED) is 0.744. The molecular formula is C16H27N5O4. The van der Waals surface area contributed by atoms with Gasteiger partial charge in [-0.05, 0) is 12.8 Å². The fraction of sp³-hybridized carbons (Fsp3) is 0.750. The number of piperidine rings is 1. The highest BCUT2D eigenvalue weighted by Gasteiger charge is 2.31. The van der Waals surface area contributed by atoms with Crippen molar-refractivity contribution in [3.63, 3.8) is 0 Å². The van der Waals surface area contributed by atoms with Crippen molar-refractivity contribution in [3.05, 3.63) is 11.7 Å². The topological polar surface area (TPSA) is 92.0 Å². The largest absolute Gasteiger partial charge is 0.384 e. The summed E-state index contributed by atoms with van der Waals surface area (Å²) in [5.41, 5.74) is 0. The molecule has 1 aliphatic rings. The fourth-order valence-corrected chi connectivity index (χ4v) is 2.88. The Morgan fingerprint density at radius 2 is 2.12 bits per heavy atom. The maximum atomic E-state index is 12.7. The Balaban J connectivity index is 1.90. The van der Waals surface area contributed by atoms with Gasteiger partial charge in [0.1, 0.15) is 0 Å². The third-order valence-electron chi connectivity index (χ3n) is 4.21. The van der Waals surface area contributed by atoms with Crippen molar-refractivity contribution in [2.24, 2.45) is 5.92 Å². The van der Waals surface area contributed by atoms with E-state index in [1.165, 1.54) is 4.90 Å². The molecule has 2 heterocycles. The molecule has 0 aromatic carbocycles. The van der Waals surface area contributed by atoms with E-state index in [1.54, 1.807) is 38.1 Å². The Kier molecular flexibility index (Phi) is 6.74. The first-order valence-corrected chi connectivity index (χ1v) is 8.44. The molecule has 0 N–H and O–H groups in total. The van der Waals surface area contributed by atoms with Gasteiger partial charge in [-0.3, -0.25) is 4.79 Å². The smallest absolute Gasteiger partial charge is 0.319 e. The van der Waals surface area contributed by atoms with Crippen LogP contribution >= 0.6 is 0 Å². The number of likely N-dealkylation sites (tertiary alicyclic amines) is 1. The molecule has 9 nitrogen and oxygen atoms in total. The Morgan fingerprint density at radius 3 is 2.80 bits per heavy atom. The van der Waals surface area contributed by atoms with Crippen molar-refractivity contribution in [1.82, 2.24) is 24.8 Å². The molecule has 1 atom stereocenters. The lowest BCUT2D eigenvalue weighted by molar-refractivity contribution is -0.136. The zero-order valence-electron chi connectivity index (χ0n) is 15.4. The van der Waals surface area contributed by atoms with E-state index in [0.29, 0.717) is 37.8 Å². The summed E-state index contributed by atoms with van der Waals surface area (Å²) < 4.78 is 10.2. The standard InChI is InChI=1S/C16H27N5O4/c1-19(2)16(23)21-8-5-6-12(10-21)15(22)20(3)11-14-17-13(18-25-14)7-9-24-4/h12H,5-11H2,1-4H3/t12-/m1/s1. The zero-order chi connectivity index (χ0) is 18.4. The summed E-state index contributed by atoms with van der Waals surface area (Å²) in [5.74, 6) is 0.767. The third kappa shape index (κ3) is 5.15. The number of urea groups is 1. The minimum atomic E-state index is -0.196. The Hall–Kier alpha value is -2.16. The average Bonchev–Trinajstić information content (AvgIpc) is 3.05.